The second-order valence-electron chi connectivity index (χ2n) is 5.07. The lowest BCUT2D eigenvalue weighted by molar-refractivity contribution is 0.149. The molecule has 1 aliphatic carbocycles. The monoisotopic (exact) mass is 218 g/mol. The first-order valence-corrected chi connectivity index (χ1v) is 6.13. The van der Waals surface area contributed by atoms with Gasteiger partial charge in [0.25, 0.3) is 0 Å². The van der Waals surface area contributed by atoms with Crippen LogP contribution in [0.2, 0.25) is 0 Å². The zero-order chi connectivity index (χ0) is 11.8. The summed E-state index contributed by atoms with van der Waals surface area (Å²) in [5.41, 5.74) is 9.28. The molecule has 2 atom stereocenters. The van der Waals surface area contributed by atoms with Gasteiger partial charge in [-0.2, -0.15) is 0 Å². The first-order chi connectivity index (χ1) is 7.59. The smallest absolute Gasteiger partial charge is 0.0567 e. The van der Waals surface area contributed by atoms with E-state index in [-0.39, 0.29) is 5.54 Å². The van der Waals surface area contributed by atoms with E-state index in [1.807, 2.05) is 0 Å². The SMILES string of the molecule is CCC1(N)c2ccccc2CCC1N(C)C. The summed E-state index contributed by atoms with van der Waals surface area (Å²) in [7, 11) is 4.27. The summed E-state index contributed by atoms with van der Waals surface area (Å²) >= 11 is 0. The molecule has 2 nitrogen and oxygen atoms in total. The lowest BCUT2D eigenvalue weighted by Gasteiger charge is -2.45. The fraction of sp³-hybridized carbons (Fsp3) is 0.571. The van der Waals surface area contributed by atoms with Crippen LogP contribution in [0.1, 0.15) is 30.9 Å². The standard InChI is InChI=1S/C14H22N2/c1-4-14(15)12-8-6-5-7-11(12)9-10-13(14)16(2)3/h5-8,13H,4,9-10,15H2,1-3H3. The maximum absolute atomic E-state index is 6.67. The Bertz CT molecular complexity index is 373. The minimum atomic E-state index is -0.182. The quantitative estimate of drug-likeness (QED) is 0.824. The summed E-state index contributed by atoms with van der Waals surface area (Å²) in [5.74, 6) is 0. The second kappa shape index (κ2) is 4.19. The van der Waals surface area contributed by atoms with Gasteiger partial charge >= 0.3 is 0 Å². The zero-order valence-corrected chi connectivity index (χ0v) is 10.5. The number of hydrogen-bond donors (Lipinski definition) is 1. The molecule has 0 saturated heterocycles. The summed E-state index contributed by atoms with van der Waals surface area (Å²) < 4.78 is 0. The van der Waals surface area contributed by atoms with Crippen LogP contribution in [0.25, 0.3) is 0 Å². The predicted octanol–water partition coefficient (Wildman–Crippen LogP) is 2.13. The largest absolute Gasteiger partial charge is 0.320 e. The Labute approximate surface area is 98.4 Å². The number of aryl methyl sites for hydroxylation is 1. The van der Waals surface area contributed by atoms with E-state index in [0.717, 1.165) is 19.3 Å². The molecule has 0 aliphatic heterocycles. The van der Waals surface area contributed by atoms with Gasteiger partial charge in [-0.05, 0) is 44.5 Å². The normalized spacial score (nSPS) is 29.2. The van der Waals surface area contributed by atoms with Gasteiger partial charge in [-0.15, -0.1) is 0 Å². The Morgan fingerprint density at radius 3 is 2.69 bits per heavy atom. The number of hydrogen-bond acceptors (Lipinski definition) is 2. The summed E-state index contributed by atoms with van der Waals surface area (Å²) in [6, 6.07) is 9.10. The summed E-state index contributed by atoms with van der Waals surface area (Å²) in [4.78, 5) is 2.28. The molecule has 0 fully saturated rings. The summed E-state index contributed by atoms with van der Waals surface area (Å²) in [5, 5.41) is 0. The van der Waals surface area contributed by atoms with E-state index in [2.05, 4.69) is 50.2 Å². The van der Waals surface area contributed by atoms with Gasteiger partial charge in [-0.25, -0.2) is 0 Å². The summed E-state index contributed by atoms with van der Waals surface area (Å²) in [6.45, 7) is 2.19. The highest BCUT2D eigenvalue weighted by Crippen LogP contribution is 2.37. The Morgan fingerprint density at radius 2 is 2.06 bits per heavy atom. The third-order valence-corrected chi connectivity index (χ3v) is 4.01. The highest BCUT2D eigenvalue weighted by Gasteiger charge is 2.40. The molecule has 1 aliphatic rings. The lowest BCUT2D eigenvalue weighted by atomic mass is 9.71. The molecular weight excluding hydrogens is 196 g/mol. The molecule has 2 N–H and O–H groups in total. The minimum Gasteiger partial charge on any atom is -0.320 e. The molecule has 2 unspecified atom stereocenters. The van der Waals surface area contributed by atoms with Crippen LogP contribution < -0.4 is 5.73 Å². The van der Waals surface area contributed by atoms with E-state index in [1.54, 1.807) is 0 Å². The number of nitrogens with two attached hydrogens (primary N) is 1. The third-order valence-electron chi connectivity index (χ3n) is 4.01. The van der Waals surface area contributed by atoms with Gasteiger partial charge in [0.1, 0.15) is 0 Å². The number of fused-ring (bicyclic) bond motifs is 1. The van der Waals surface area contributed by atoms with Crippen LogP contribution in [-0.4, -0.2) is 25.0 Å². The molecule has 1 aromatic carbocycles. The average Bonchev–Trinajstić information content (AvgIpc) is 2.29. The molecular formula is C14H22N2. The van der Waals surface area contributed by atoms with Crippen molar-refractivity contribution >= 4 is 0 Å². The molecule has 1 aromatic rings. The van der Waals surface area contributed by atoms with Crippen molar-refractivity contribution in [1.82, 2.24) is 4.90 Å². The minimum absolute atomic E-state index is 0.182. The molecule has 16 heavy (non-hydrogen) atoms. The van der Waals surface area contributed by atoms with Gasteiger partial charge in [0.15, 0.2) is 0 Å². The van der Waals surface area contributed by atoms with Crippen molar-refractivity contribution in [1.29, 1.82) is 0 Å². The van der Waals surface area contributed by atoms with Crippen LogP contribution in [0.3, 0.4) is 0 Å². The number of benzene rings is 1. The Hall–Kier alpha value is -0.860. The van der Waals surface area contributed by atoms with Gasteiger partial charge in [0, 0.05) is 6.04 Å². The Kier molecular flexibility index (Phi) is 3.04. The maximum Gasteiger partial charge on any atom is 0.0567 e. The van der Waals surface area contributed by atoms with Crippen LogP contribution in [0.4, 0.5) is 0 Å². The van der Waals surface area contributed by atoms with Crippen LogP contribution in [0, 0.1) is 0 Å². The molecule has 0 radical (unpaired) electrons. The molecule has 2 heteroatoms. The fourth-order valence-corrected chi connectivity index (χ4v) is 3.07. The van der Waals surface area contributed by atoms with Gasteiger partial charge in [-0.1, -0.05) is 31.2 Å². The van der Waals surface area contributed by atoms with E-state index in [0.29, 0.717) is 6.04 Å². The van der Waals surface area contributed by atoms with E-state index in [1.165, 1.54) is 11.1 Å². The van der Waals surface area contributed by atoms with Gasteiger partial charge in [0.05, 0.1) is 5.54 Å². The molecule has 0 amide bonds. The zero-order valence-electron chi connectivity index (χ0n) is 10.5. The average molecular weight is 218 g/mol. The first-order valence-electron chi connectivity index (χ1n) is 6.13. The van der Waals surface area contributed by atoms with Gasteiger partial charge in [0.2, 0.25) is 0 Å². The van der Waals surface area contributed by atoms with Crippen molar-refractivity contribution in [2.75, 3.05) is 14.1 Å². The second-order valence-corrected chi connectivity index (χ2v) is 5.07. The summed E-state index contributed by atoms with van der Waals surface area (Å²) in [6.07, 6.45) is 3.30. The van der Waals surface area contributed by atoms with Crippen molar-refractivity contribution in [3.05, 3.63) is 35.4 Å². The fourth-order valence-electron chi connectivity index (χ4n) is 3.07. The molecule has 0 aromatic heterocycles. The number of likely N-dealkylation sites (N-methyl/N-ethyl adjacent to an activating group) is 1. The topological polar surface area (TPSA) is 29.3 Å². The van der Waals surface area contributed by atoms with Crippen molar-refractivity contribution < 1.29 is 0 Å². The third kappa shape index (κ3) is 1.66. The van der Waals surface area contributed by atoms with Crippen molar-refractivity contribution in [2.45, 2.75) is 37.8 Å². The van der Waals surface area contributed by atoms with E-state index in [4.69, 9.17) is 5.73 Å². The van der Waals surface area contributed by atoms with Crippen LogP contribution in [0.15, 0.2) is 24.3 Å². The molecule has 0 heterocycles. The highest BCUT2D eigenvalue weighted by atomic mass is 15.1. The van der Waals surface area contributed by atoms with E-state index in [9.17, 15) is 0 Å². The Morgan fingerprint density at radius 1 is 1.38 bits per heavy atom. The van der Waals surface area contributed by atoms with E-state index < -0.39 is 0 Å². The number of rotatable bonds is 2. The molecule has 0 saturated carbocycles. The molecule has 88 valence electrons. The maximum atomic E-state index is 6.67. The molecule has 0 spiro atoms. The van der Waals surface area contributed by atoms with Crippen LogP contribution >= 0.6 is 0 Å². The Balaban J connectivity index is 2.48. The lowest BCUT2D eigenvalue weighted by Crippen LogP contribution is -2.56. The van der Waals surface area contributed by atoms with Crippen molar-refractivity contribution in [3.63, 3.8) is 0 Å². The molecule has 2 rings (SSSR count). The highest BCUT2D eigenvalue weighted by molar-refractivity contribution is 5.37. The van der Waals surface area contributed by atoms with Gasteiger partial charge < -0.3 is 10.6 Å². The predicted molar refractivity (Wildman–Crippen MR) is 68.4 cm³/mol. The van der Waals surface area contributed by atoms with Gasteiger partial charge in [-0.3, -0.25) is 0 Å². The van der Waals surface area contributed by atoms with Crippen LogP contribution in [-0.2, 0) is 12.0 Å². The van der Waals surface area contributed by atoms with Crippen LogP contribution in [0.5, 0.6) is 0 Å². The van der Waals surface area contributed by atoms with Crippen molar-refractivity contribution in [2.24, 2.45) is 5.73 Å². The first kappa shape index (κ1) is 11.6. The molecule has 0 bridgehead atoms. The number of nitrogens with zero attached hydrogens (tertiary/aromatic N) is 1. The van der Waals surface area contributed by atoms with Crippen molar-refractivity contribution in [3.8, 4) is 0 Å². The van der Waals surface area contributed by atoms with E-state index >= 15 is 0 Å².